The van der Waals surface area contributed by atoms with Crippen molar-refractivity contribution in [2.45, 2.75) is 31.4 Å². The van der Waals surface area contributed by atoms with Gasteiger partial charge >= 0.3 is 0 Å². The fraction of sp³-hybridized carbons (Fsp3) is 0.500. The first-order chi connectivity index (χ1) is 9.46. The molecule has 0 saturated heterocycles. The van der Waals surface area contributed by atoms with Gasteiger partial charge in [-0.1, -0.05) is 37.6 Å². The van der Waals surface area contributed by atoms with Crippen LogP contribution in [0.3, 0.4) is 0 Å². The molecule has 1 N–H and O–H groups in total. The number of benzene rings is 1. The van der Waals surface area contributed by atoms with Crippen LogP contribution >= 0.6 is 11.6 Å². The first kappa shape index (κ1) is 17.0. The van der Waals surface area contributed by atoms with Crippen molar-refractivity contribution in [1.82, 2.24) is 5.32 Å². The third-order valence-electron chi connectivity index (χ3n) is 2.77. The molecule has 112 valence electrons. The van der Waals surface area contributed by atoms with E-state index in [-0.39, 0.29) is 5.75 Å². The van der Waals surface area contributed by atoms with Crippen LogP contribution in [-0.2, 0) is 26.3 Å². The molecule has 0 unspecified atom stereocenters. The highest BCUT2D eigenvalue weighted by Crippen LogP contribution is 2.10. The minimum atomic E-state index is -3.44. The number of rotatable bonds is 8. The van der Waals surface area contributed by atoms with Crippen LogP contribution in [0.5, 0.6) is 0 Å². The van der Waals surface area contributed by atoms with E-state index >= 15 is 0 Å². The monoisotopic (exact) mass is 317 g/mol. The number of hydrogen-bond acceptors (Lipinski definition) is 3. The van der Waals surface area contributed by atoms with Gasteiger partial charge in [-0.25, -0.2) is 8.42 Å². The highest BCUT2D eigenvalue weighted by atomic mass is 35.5. The highest BCUT2D eigenvalue weighted by molar-refractivity contribution is 7.91. The molecule has 1 rings (SSSR count). The smallest absolute Gasteiger partial charge is 0.235 e. The number of alkyl halides is 1. The molecule has 6 heteroatoms. The van der Waals surface area contributed by atoms with Crippen molar-refractivity contribution in [3.05, 3.63) is 35.4 Å². The van der Waals surface area contributed by atoms with Crippen LogP contribution in [0.4, 0.5) is 0 Å². The van der Waals surface area contributed by atoms with E-state index in [0.717, 1.165) is 18.4 Å². The fourth-order valence-electron chi connectivity index (χ4n) is 1.68. The maximum atomic E-state index is 11.9. The largest absolute Gasteiger partial charge is 0.355 e. The topological polar surface area (TPSA) is 63.2 Å². The Labute approximate surface area is 125 Å². The molecule has 1 aromatic carbocycles. The van der Waals surface area contributed by atoms with Crippen molar-refractivity contribution in [3.8, 4) is 0 Å². The Kier molecular flexibility index (Phi) is 7.02. The highest BCUT2D eigenvalue weighted by Gasteiger charge is 2.17. The Balaban J connectivity index is 2.53. The molecule has 0 aliphatic carbocycles. The number of amides is 1. The molecule has 0 aliphatic rings. The van der Waals surface area contributed by atoms with Crippen molar-refractivity contribution in [2.24, 2.45) is 0 Å². The van der Waals surface area contributed by atoms with E-state index < -0.39 is 21.5 Å². The molecule has 0 atom stereocenters. The Morgan fingerprint density at radius 3 is 2.35 bits per heavy atom. The normalized spacial score (nSPS) is 11.3. The lowest BCUT2D eigenvalue weighted by Gasteiger charge is -2.06. The van der Waals surface area contributed by atoms with E-state index in [1.807, 2.05) is 6.92 Å². The lowest BCUT2D eigenvalue weighted by Crippen LogP contribution is -2.31. The molecule has 0 saturated carbocycles. The summed E-state index contributed by atoms with van der Waals surface area (Å²) in [7, 11) is -3.44. The molecule has 0 spiro atoms. The molecule has 0 bridgehead atoms. The predicted octanol–water partition coefficient (Wildman–Crippen LogP) is 2.26. The second-order valence-electron chi connectivity index (χ2n) is 4.69. The average Bonchev–Trinajstić information content (AvgIpc) is 2.38. The Morgan fingerprint density at radius 1 is 1.20 bits per heavy atom. The van der Waals surface area contributed by atoms with Crippen molar-refractivity contribution >= 4 is 27.3 Å². The summed E-state index contributed by atoms with van der Waals surface area (Å²) in [6, 6.07) is 7.03. The molecule has 0 aliphatic heterocycles. The van der Waals surface area contributed by atoms with Gasteiger partial charge in [0.2, 0.25) is 5.91 Å². The molecule has 20 heavy (non-hydrogen) atoms. The molecular formula is C14H20ClNO3S. The minimum Gasteiger partial charge on any atom is -0.355 e. The van der Waals surface area contributed by atoms with E-state index in [9.17, 15) is 13.2 Å². The van der Waals surface area contributed by atoms with Crippen LogP contribution < -0.4 is 5.32 Å². The Morgan fingerprint density at radius 2 is 1.80 bits per heavy atom. The first-order valence-electron chi connectivity index (χ1n) is 6.57. The SMILES string of the molecule is CCCCNC(=O)CS(=O)(=O)Cc1ccc(CCl)cc1. The van der Waals surface area contributed by atoms with Gasteiger partial charge in [0.25, 0.3) is 0 Å². The lowest BCUT2D eigenvalue weighted by molar-refractivity contribution is -0.118. The summed E-state index contributed by atoms with van der Waals surface area (Å²) in [5.41, 5.74) is 1.60. The van der Waals surface area contributed by atoms with Crippen molar-refractivity contribution in [1.29, 1.82) is 0 Å². The number of carbonyl (C=O) groups is 1. The zero-order valence-electron chi connectivity index (χ0n) is 11.6. The summed E-state index contributed by atoms with van der Waals surface area (Å²) in [5, 5.41) is 2.61. The fourth-order valence-corrected chi connectivity index (χ4v) is 3.17. The number of nitrogens with one attached hydrogen (secondary N) is 1. The van der Waals surface area contributed by atoms with E-state index in [0.29, 0.717) is 18.0 Å². The van der Waals surface area contributed by atoms with Crippen LogP contribution in [0.25, 0.3) is 0 Å². The third kappa shape index (κ3) is 6.39. The molecule has 0 aromatic heterocycles. The van der Waals surface area contributed by atoms with Gasteiger partial charge in [-0.05, 0) is 17.5 Å². The van der Waals surface area contributed by atoms with Gasteiger partial charge in [0, 0.05) is 12.4 Å². The van der Waals surface area contributed by atoms with Gasteiger partial charge in [0.15, 0.2) is 9.84 Å². The van der Waals surface area contributed by atoms with Crippen LogP contribution in [0, 0.1) is 0 Å². The zero-order chi connectivity index (χ0) is 15.0. The van der Waals surface area contributed by atoms with Gasteiger partial charge < -0.3 is 5.32 Å². The summed E-state index contributed by atoms with van der Waals surface area (Å²) in [6.07, 6.45) is 1.81. The molecule has 0 heterocycles. The molecule has 4 nitrogen and oxygen atoms in total. The van der Waals surface area contributed by atoms with Gasteiger partial charge in [-0.2, -0.15) is 0 Å². The minimum absolute atomic E-state index is 0.128. The van der Waals surface area contributed by atoms with Gasteiger partial charge in [-0.15, -0.1) is 11.6 Å². The first-order valence-corrected chi connectivity index (χ1v) is 8.93. The molecule has 1 aromatic rings. The number of halogens is 1. The molecule has 1 amide bonds. The lowest BCUT2D eigenvalue weighted by atomic mass is 10.2. The summed E-state index contributed by atoms with van der Waals surface area (Å²) in [4.78, 5) is 11.5. The van der Waals surface area contributed by atoms with Crippen molar-refractivity contribution in [2.75, 3.05) is 12.3 Å². The maximum Gasteiger partial charge on any atom is 0.235 e. The van der Waals surface area contributed by atoms with Crippen LogP contribution in [0.1, 0.15) is 30.9 Å². The predicted molar refractivity (Wildman–Crippen MR) is 81.4 cm³/mol. The van der Waals surface area contributed by atoms with Crippen LogP contribution in [0.2, 0.25) is 0 Å². The van der Waals surface area contributed by atoms with E-state index in [4.69, 9.17) is 11.6 Å². The van der Waals surface area contributed by atoms with Gasteiger partial charge in [0.05, 0.1) is 5.75 Å². The van der Waals surface area contributed by atoms with Crippen LogP contribution in [-0.4, -0.2) is 26.6 Å². The Hall–Kier alpha value is -1.07. The summed E-state index contributed by atoms with van der Waals surface area (Å²) in [5.74, 6) is -0.631. The van der Waals surface area contributed by atoms with E-state index in [2.05, 4.69) is 5.32 Å². The number of carbonyl (C=O) groups excluding carboxylic acids is 1. The van der Waals surface area contributed by atoms with Crippen LogP contribution in [0.15, 0.2) is 24.3 Å². The summed E-state index contributed by atoms with van der Waals surface area (Å²) in [6.45, 7) is 2.53. The van der Waals surface area contributed by atoms with Crippen molar-refractivity contribution in [3.63, 3.8) is 0 Å². The molecular weight excluding hydrogens is 298 g/mol. The van der Waals surface area contributed by atoms with Gasteiger partial charge in [0.1, 0.15) is 5.75 Å². The number of unbranched alkanes of at least 4 members (excludes halogenated alkanes) is 1. The average molecular weight is 318 g/mol. The van der Waals surface area contributed by atoms with Crippen molar-refractivity contribution < 1.29 is 13.2 Å². The second-order valence-corrected chi connectivity index (χ2v) is 7.02. The summed E-state index contributed by atoms with van der Waals surface area (Å²) >= 11 is 5.67. The quantitative estimate of drug-likeness (QED) is 0.591. The maximum absolute atomic E-state index is 11.9. The second kappa shape index (κ2) is 8.27. The van der Waals surface area contributed by atoms with Gasteiger partial charge in [-0.3, -0.25) is 4.79 Å². The Bertz CT molecular complexity index is 526. The zero-order valence-corrected chi connectivity index (χ0v) is 13.1. The number of sulfone groups is 1. The molecule has 0 radical (unpaired) electrons. The standard InChI is InChI=1S/C14H20ClNO3S/c1-2-3-8-16-14(17)11-20(18,19)10-13-6-4-12(9-15)5-7-13/h4-7H,2-3,8-11H2,1H3,(H,16,17). The van der Waals surface area contributed by atoms with E-state index in [1.165, 1.54) is 0 Å². The van der Waals surface area contributed by atoms with E-state index in [1.54, 1.807) is 24.3 Å². The third-order valence-corrected chi connectivity index (χ3v) is 4.55. The summed E-state index contributed by atoms with van der Waals surface area (Å²) < 4.78 is 23.8. The molecule has 0 fully saturated rings. The number of hydrogen-bond donors (Lipinski definition) is 1.